The summed E-state index contributed by atoms with van der Waals surface area (Å²) in [6.07, 6.45) is -6.88. The van der Waals surface area contributed by atoms with Crippen LogP contribution < -0.4 is 10.5 Å². The summed E-state index contributed by atoms with van der Waals surface area (Å²) in [4.78, 5) is 6.60. The lowest BCUT2D eigenvalue weighted by molar-refractivity contribution is -0.147. The molecule has 0 bridgehead atoms. The standard InChI is InChI=1S/C8H8ClF3N2O2S.C5H3Cl2NO2S.C3H6F3N.ClH/c1-5(8(10,11)12)14-17(15,16)6-2-3-7(9)13-4-6;6-5-2-1-4(3-8-5)11(7,9)10;1-2(7)3(4,5)6;/h2-5,14H,1H3;1-3H;2H,7H2,1H3;1H/t5-;;2-;/m0.0./s1. The molecular weight excluding hydrogens is 632 g/mol. The van der Waals surface area contributed by atoms with Crippen LogP contribution in [0.5, 0.6) is 0 Å². The van der Waals surface area contributed by atoms with Gasteiger partial charge in [-0.3, -0.25) is 0 Å². The van der Waals surface area contributed by atoms with Crippen molar-refractivity contribution in [3.8, 4) is 0 Å². The highest BCUT2D eigenvalue weighted by Gasteiger charge is 2.38. The summed E-state index contributed by atoms with van der Waals surface area (Å²) >= 11 is 10.8. The summed E-state index contributed by atoms with van der Waals surface area (Å²) < 4.78 is 116. The van der Waals surface area contributed by atoms with E-state index in [0.717, 1.165) is 25.4 Å². The largest absolute Gasteiger partial charge is 0.404 e. The molecule has 2 aromatic heterocycles. The highest BCUT2D eigenvalue weighted by atomic mass is 35.7. The van der Waals surface area contributed by atoms with Crippen LogP contribution in [0.3, 0.4) is 0 Å². The Bertz CT molecular complexity index is 1150. The third-order valence-electron chi connectivity index (χ3n) is 3.33. The van der Waals surface area contributed by atoms with Crippen molar-refractivity contribution < 1.29 is 43.2 Å². The van der Waals surface area contributed by atoms with Gasteiger partial charge >= 0.3 is 12.4 Å². The fraction of sp³-hybridized carbons (Fsp3) is 0.375. The predicted octanol–water partition coefficient (Wildman–Crippen LogP) is 4.94. The van der Waals surface area contributed by atoms with E-state index in [1.54, 1.807) is 0 Å². The van der Waals surface area contributed by atoms with Crippen LogP contribution >= 0.6 is 46.3 Å². The summed E-state index contributed by atoms with van der Waals surface area (Å²) in [7, 11) is -2.92. The molecule has 0 unspecified atom stereocenters. The Labute approximate surface area is 223 Å². The Morgan fingerprint density at radius 2 is 1.19 bits per heavy atom. The second-order valence-electron chi connectivity index (χ2n) is 6.29. The fourth-order valence-corrected chi connectivity index (χ4v) is 3.48. The molecule has 0 radical (unpaired) electrons. The lowest BCUT2D eigenvalue weighted by Gasteiger charge is -2.16. The van der Waals surface area contributed by atoms with Crippen LogP contribution in [0.15, 0.2) is 46.5 Å². The number of aromatic nitrogens is 2. The van der Waals surface area contributed by atoms with E-state index in [0.29, 0.717) is 6.92 Å². The SMILES string of the molecule is C[C@H](N)C(F)(F)F.C[C@H](NS(=O)(=O)c1ccc(Cl)nc1)C(F)(F)F.Cl.O=S(=O)(Cl)c1ccc(Cl)nc1. The molecule has 0 aliphatic heterocycles. The van der Waals surface area contributed by atoms with Crippen molar-refractivity contribution in [2.75, 3.05) is 0 Å². The quantitative estimate of drug-likeness (QED) is 0.272. The summed E-state index contributed by atoms with van der Waals surface area (Å²) in [6.45, 7) is 1.61. The molecular formula is C16H18Cl4F6N4O4S2. The number of nitrogens with zero attached hydrogens (tertiary/aromatic N) is 2. The van der Waals surface area contributed by atoms with Crippen LogP contribution in [0.25, 0.3) is 0 Å². The second-order valence-corrected chi connectivity index (χ2v) is 11.3. The van der Waals surface area contributed by atoms with E-state index in [4.69, 9.17) is 33.9 Å². The van der Waals surface area contributed by atoms with E-state index < -0.39 is 43.5 Å². The maximum Gasteiger partial charge on any atom is 0.404 e. The van der Waals surface area contributed by atoms with Crippen molar-refractivity contribution in [3.63, 3.8) is 0 Å². The van der Waals surface area contributed by atoms with Crippen molar-refractivity contribution in [2.45, 2.75) is 48.1 Å². The summed E-state index contributed by atoms with van der Waals surface area (Å²) in [5.41, 5.74) is 4.44. The Hall–Kier alpha value is -1.14. The zero-order valence-corrected chi connectivity index (χ0v) is 22.6. The lowest BCUT2D eigenvalue weighted by atomic mass is 10.4. The molecule has 8 nitrogen and oxygen atoms in total. The van der Waals surface area contributed by atoms with Crippen molar-refractivity contribution in [1.29, 1.82) is 0 Å². The molecule has 2 heterocycles. The number of halogens is 10. The maximum absolute atomic E-state index is 12.2. The van der Waals surface area contributed by atoms with Crippen molar-refractivity contribution in [2.24, 2.45) is 5.73 Å². The summed E-state index contributed by atoms with van der Waals surface area (Å²) in [5.74, 6) is 0. The second kappa shape index (κ2) is 14.7. The third kappa shape index (κ3) is 14.6. The van der Waals surface area contributed by atoms with E-state index in [9.17, 15) is 43.2 Å². The van der Waals surface area contributed by atoms with Gasteiger partial charge in [0.15, 0.2) is 0 Å². The van der Waals surface area contributed by atoms with Crippen LogP contribution in [-0.4, -0.2) is 51.2 Å². The number of pyridine rings is 2. The molecule has 0 aromatic carbocycles. The van der Waals surface area contributed by atoms with Gasteiger partial charge in [0.25, 0.3) is 9.05 Å². The van der Waals surface area contributed by atoms with Gasteiger partial charge in [-0.15, -0.1) is 12.4 Å². The highest BCUT2D eigenvalue weighted by Crippen LogP contribution is 2.22. The zero-order valence-electron chi connectivity index (χ0n) is 17.8. The first-order valence-corrected chi connectivity index (χ1v) is 13.2. The Morgan fingerprint density at radius 1 is 0.833 bits per heavy atom. The van der Waals surface area contributed by atoms with E-state index in [2.05, 4.69) is 15.7 Å². The monoisotopic (exact) mass is 648 g/mol. The third-order valence-corrected chi connectivity index (χ3v) is 6.64. The molecule has 20 heteroatoms. The van der Waals surface area contributed by atoms with Gasteiger partial charge in [0, 0.05) is 23.1 Å². The van der Waals surface area contributed by atoms with Crippen LogP contribution in [0.4, 0.5) is 26.3 Å². The van der Waals surface area contributed by atoms with E-state index in [1.165, 1.54) is 22.9 Å². The lowest BCUT2D eigenvalue weighted by Crippen LogP contribution is -2.42. The van der Waals surface area contributed by atoms with E-state index in [-0.39, 0.29) is 32.5 Å². The molecule has 2 rings (SSSR count). The number of hydrogen-bond donors (Lipinski definition) is 2. The minimum atomic E-state index is -4.65. The van der Waals surface area contributed by atoms with Gasteiger partial charge in [0.05, 0.1) is 6.04 Å². The summed E-state index contributed by atoms with van der Waals surface area (Å²) in [5, 5.41) is 0.280. The van der Waals surface area contributed by atoms with Crippen LogP contribution in [0, 0.1) is 0 Å². The molecule has 208 valence electrons. The first-order valence-electron chi connectivity index (χ1n) is 8.66. The average Bonchev–Trinajstić information content (AvgIpc) is 2.67. The Morgan fingerprint density at radius 3 is 1.44 bits per heavy atom. The van der Waals surface area contributed by atoms with E-state index in [1.807, 2.05) is 0 Å². The first kappa shape index (κ1) is 37.0. The number of nitrogens with one attached hydrogen (secondary N) is 1. The van der Waals surface area contributed by atoms with Gasteiger partial charge in [0.2, 0.25) is 10.0 Å². The van der Waals surface area contributed by atoms with Crippen LogP contribution in [-0.2, 0) is 19.1 Å². The van der Waals surface area contributed by atoms with Gasteiger partial charge in [-0.25, -0.2) is 26.8 Å². The molecule has 0 spiro atoms. The van der Waals surface area contributed by atoms with Crippen molar-refractivity contribution >= 4 is 65.4 Å². The number of nitrogens with two attached hydrogens (primary N) is 1. The van der Waals surface area contributed by atoms with Crippen molar-refractivity contribution in [1.82, 2.24) is 14.7 Å². The molecule has 0 saturated carbocycles. The van der Waals surface area contributed by atoms with Crippen LogP contribution in [0.2, 0.25) is 10.3 Å². The van der Waals surface area contributed by atoms with Gasteiger partial charge in [-0.05, 0) is 38.1 Å². The minimum Gasteiger partial charge on any atom is -0.320 e. The molecule has 2 aromatic rings. The van der Waals surface area contributed by atoms with Gasteiger partial charge in [0.1, 0.15) is 26.1 Å². The van der Waals surface area contributed by atoms with Gasteiger partial charge < -0.3 is 5.73 Å². The number of hydrogen-bond acceptors (Lipinski definition) is 7. The predicted molar refractivity (Wildman–Crippen MR) is 124 cm³/mol. The number of alkyl halides is 6. The Balaban J connectivity index is 0. The minimum absolute atomic E-state index is 0. The highest BCUT2D eigenvalue weighted by molar-refractivity contribution is 8.13. The molecule has 3 N–H and O–H groups in total. The normalized spacial score (nSPS) is 13.7. The Kier molecular flexibility index (Phi) is 15.1. The maximum atomic E-state index is 12.2. The topological polar surface area (TPSA) is 132 Å². The molecule has 2 atom stereocenters. The average molecular weight is 650 g/mol. The molecule has 36 heavy (non-hydrogen) atoms. The van der Waals surface area contributed by atoms with E-state index >= 15 is 0 Å². The van der Waals surface area contributed by atoms with Gasteiger partial charge in [-0.1, -0.05) is 23.2 Å². The van der Waals surface area contributed by atoms with Crippen LogP contribution in [0.1, 0.15) is 13.8 Å². The first-order chi connectivity index (χ1) is 15.6. The molecule has 0 fully saturated rings. The molecule has 0 aliphatic carbocycles. The molecule has 0 saturated heterocycles. The van der Waals surface area contributed by atoms with Crippen molar-refractivity contribution in [3.05, 3.63) is 47.0 Å². The molecule has 0 aliphatic rings. The zero-order chi connectivity index (χ0) is 27.8. The van der Waals surface area contributed by atoms with Gasteiger partial charge in [-0.2, -0.15) is 31.1 Å². The molecule has 0 amide bonds. The number of rotatable bonds is 4. The summed E-state index contributed by atoms with van der Waals surface area (Å²) in [6, 6.07) is 1.01. The fourth-order valence-electron chi connectivity index (χ4n) is 1.40. The smallest absolute Gasteiger partial charge is 0.320 e. The number of sulfonamides is 1.